The van der Waals surface area contributed by atoms with Crippen molar-refractivity contribution in [2.45, 2.75) is 33.6 Å². The van der Waals surface area contributed by atoms with Crippen LogP contribution in [0.4, 0.5) is 11.5 Å². The van der Waals surface area contributed by atoms with E-state index in [9.17, 15) is 5.26 Å². The van der Waals surface area contributed by atoms with Crippen molar-refractivity contribution in [1.29, 1.82) is 5.26 Å². The molecule has 0 aromatic carbocycles. The molecular formula is C21H24Cl2N8. The van der Waals surface area contributed by atoms with Gasteiger partial charge in [0.1, 0.15) is 21.9 Å². The molecule has 0 bridgehead atoms. The van der Waals surface area contributed by atoms with E-state index in [1.165, 1.54) is 6.08 Å². The standard InChI is InChI=1S/C21H24Cl2N8/c1-6-31(29-18(7-8-24)25-14-9-16(22)26-17(23)10-14)19-11-15(12(2)3)20-13(4)28-30(5)21(20)27-19/h7,9-12,29H,6H2,1-5H3,(H,25,26)/b18-7+. The molecule has 8 nitrogen and oxygen atoms in total. The molecule has 162 valence electrons. The third-order valence-corrected chi connectivity index (χ3v) is 5.09. The smallest absolute Gasteiger partial charge is 0.160 e. The molecule has 0 radical (unpaired) electrons. The number of halogens is 2. The Kier molecular flexibility index (Phi) is 6.88. The zero-order chi connectivity index (χ0) is 22.7. The van der Waals surface area contributed by atoms with Gasteiger partial charge < -0.3 is 5.32 Å². The number of aromatic nitrogens is 4. The van der Waals surface area contributed by atoms with Crippen LogP contribution in [0.5, 0.6) is 0 Å². The van der Waals surface area contributed by atoms with E-state index in [4.69, 9.17) is 28.2 Å². The third-order valence-electron chi connectivity index (χ3n) is 4.71. The lowest BCUT2D eigenvalue weighted by Crippen LogP contribution is -2.40. The highest BCUT2D eigenvalue weighted by Gasteiger charge is 2.18. The normalized spacial score (nSPS) is 11.6. The first-order valence-corrected chi connectivity index (χ1v) is 10.6. The van der Waals surface area contributed by atoms with Gasteiger partial charge in [0.2, 0.25) is 0 Å². The molecule has 31 heavy (non-hydrogen) atoms. The molecule has 0 aliphatic heterocycles. The number of nitrogens with one attached hydrogen (secondary N) is 2. The van der Waals surface area contributed by atoms with Crippen molar-refractivity contribution in [3.63, 3.8) is 0 Å². The molecule has 3 aromatic heterocycles. The lowest BCUT2D eigenvalue weighted by molar-refractivity contribution is 0.712. The zero-order valence-corrected chi connectivity index (χ0v) is 19.5. The number of pyridine rings is 2. The highest BCUT2D eigenvalue weighted by molar-refractivity contribution is 6.32. The van der Waals surface area contributed by atoms with Crippen molar-refractivity contribution in [3.8, 4) is 6.07 Å². The lowest BCUT2D eigenvalue weighted by Gasteiger charge is -2.26. The van der Waals surface area contributed by atoms with Crippen LogP contribution in [0.2, 0.25) is 10.3 Å². The predicted molar refractivity (Wildman–Crippen MR) is 125 cm³/mol. The molecular weight excluding hydrogens is 435 g/mol. The molecule has 2 N–H and O–H groups in total. The fourth-order valence-electron chi connectivity index (χ4n) is 3.36. The number of nitriles is 1. The zero-order valence-electron chi connectivity index (χ0n) is 18.0. The van der Waals surface area contributed by atoms with Crippen LogP contribution in [0.25, 0.3) is 11.0 Å². The molecule has 0 aliphatic carbocycles. The van der Waals surface area contributed by atoms with Gasteiger partial charge in [-0.3, -0.25) is 15.1 Å². The first kappa shape index (κ1) is 22.7. The topological polar surface area (TPSA) is 94.7 Å². The summed E-state index contributed by atoms with van der Waals surface area (Å²) in [5.41, 5.74) is 6.76. The molecule has 3 aromatic rings. The molecule has 0 unspecified atom stereocenters. The van der Waals surface area contributed by atoms with Gasteiger partial charge in [-0.15, -0.1) is 0 Å². The number of hydrogen-bond donors (Lipinski definition) is 2. The van der Waals surface area contributed by atoms with Crippen LogP contribution < -0.4 is 15.8 Å². The maximum Gasteiger partial charge on any atom is 0.160 e. The number of nitrogens with zero attached hydrogens (tertiary/aromatic N) is 6. The van der Waals surface area contributed by atoms with Crippen molar-refractivity contribution in [2.24, 2.45) is 7.05 Å². The van der Waals surface area contributed by atoms with Crippen LogP contribution in [0.1, 0.15) is 37.9 Å². The number of fused-ring (bicyclic) bond motifs is 1. The minimum Gasteiger partial charge on any atom is -0.340 e. The van der Waals surface area contributed by atoms with E-state index < -0.39 is 0 Å². The summed E-state index contributed by atoms with van der Waals surface area (Å²) in [5, 5.41) is 20.3. The SMILES string of the molecule is CCN(N/C(=C/C#N)Nc1cc(Cl)nc(Cl)c1)c1cc(C(C)C)c2c(C)nn(C)c2n1. The fourth-order valence-corrected chi connectivity index (χ4v) is 3.82. The largest absolute Gasteiger partial charge is 0.340 e. The number of hydrazine groups is 1. The van der Waals surface area contributed by atoms with Crippen LogP contribution in [0.15, 0.2) is 30.1 Å². The molecule has 0 fully saturated rings. The van der Waals surface area contributed by atoms with Gasteiger partial charge in [-0.2, -0.15) is 10.4 Å². The molecule has 0 aliphatic rings. The highest BCUT2D eigenvalue weighted by Crippen LogP contribution is 2.30. The molecule has 0 saturated carbocycles. The van der Waals surface area contributed by atoms with E-state index in [0.717, 1.165) is 28.1 Å². The summed E-state index contributed by atoms with van der Waals surface area (Å²) in [7, 11) is 1.89. The summed E-state index contributed by atoms with van der Waals surface area (Å²) >= 11 is 12.0. The number of allylic oxidation sites excluding steroid dienone is 1. The van der Waals surface area contributed by atoms with Gasteiger partial charge in [0.15, 0.2) is 5.65 Å². The van der Waals surface area contributed by atoms with Crippen LogP contribution in [0.3, 0.4) is 0 Å². The Bertz CT molecular complexity index is 1160. The van der Waals surface area contributed by atoms with E-state index in [-0.39, 0.29) is 10.3 Å². The second-order valence-corrected chi connectivity index (χ2v) is 8.08. The number of hydrogen-bond acceptors (Lipinski definition) is 7. The van der Waals surface area contributed by atoms with Crippen LogP contribution in [-0.2, 0) is 7.05 Å². The van der Waals surface area contributed by atoms with Crippen molar-refractivity contribution in [1.82, 2.24) is 25.2 Å². The summed E-state index contributed by atoms with van der Waals surface area (Å²) in [6.07, 6.45) is 1.36. The molecule has 0 spiro atoms. The Balaban J connectivity index is 1.98. The van der Waals surface area contributed by atoms with Gasteiger partial charge in [0.25, 0.3) is 0 Å². The van der Waals surface area contributed by atoms with E-state index in [2.05, 4.69) is 40.7 Å². The van der Waals surface area contributed by atoms with Crippen LogP contribution in [0, 0.1) is 18.3 Å². The van der Waals surface area contributed by atoms with Gasteiger partial charge >= 0.3 is 0 Å². The monoisotopic (exact) mass is 458 g/mol. The summed E-state index contributed by atoms with van der Waals surface area (Å²) in [6, 6.07) is 7.34. The van der Waals surface area contributed by atoms with E-state index in [1.807, 2.05) is 32.0 Å². The maximum atomic E-state index is 9.26. The summed E-state index contributed by atoms with van der Waals surface area (Å²) < 4.78 is 1.79. The van der Waals surface area contributed by atoms with E-state index in [0.29, 0.717) is 24.0 Å². The molecule has 0 saturated heterocycles. The van der Waals surface area contributed by atoms with Crippen molar-refractivity contribution in [2.75, 3.05) is 16.9 Å². The predicted octanol–water partition coefficient (Wildman–Crippen LogP) is 4.91. The average Bonchev–Trinajstić information content (AvgIpc) is 2.98. The number of rotatable bonds is 7. The number of aryl methyl sites for hydroxylation is 2. The Labute approximate surface area is 191 Å². The van der Waals surface area contributed by atoms with Gasteiger partial charge in [-0.25, -0.2) is 9.97 Å². The first-order valence-electron chi connectivity index (χ1n) is 9.81. The van der Waals surface area contributed by atoms with Crippen molar-refractivity contribution >= 4 is 45.7 Å². The van der Waals surface area contributed by atoms with Crippen LogP contribution >= 0.6 is 23.2 Å². The Morgan fingerprint density at radius 1 is 1.26 bits per heavy atom. The minimum absolute atomic E-state index is 0.249. The fraction of sp³-hybridized carbons (Fsp3) is 0.333. The highest BCUT2D eigenvalue weighted by atomic mass is 35.5. The summed E-state index contributed by atoms with van der Waals surface area (Å²) in [4.78, 5) is 8.77. The van der Waals surface area contributed by atoms with Gasteiger partial charge in [0, 0.05) is 24.7 Å². The van der Waals surface area contributed by atoms with Gasteiger partial charge in [0.05, 0.1) is 17.8 Å². The summed E-state index contributed by atoms with van der Waals surface area (Å²) in [5.74, 6) is 1.45. The Morgan fingerprint density at radius 2 is 1.94 bits per heavy atom. The van der Waals surface area contributed by atoms with Crippen molar-refractivity contribution < 1.29 is 0 Å². The van der Waals surface area contributed by atoms with Gasteiger partial charge in [-0.1, -0.05) is 37.0 Å². The molecule has 3 heterocycles. The second kappa shape index (κ2) is 9.41. The van der Waals surface area contributed by atoms with E-state index >= 15 is 0 Å². The second-order valence-electron chi connectivity index (χ2n) is 7.30. The molecule has 10 heteroatoms. The molecule has 0 atom stereocenters. The maximum absolute atomic E-state index is 9.26. The number of anilines is 2. The lowest BCUT2D eigenvalue weighted by atomic mass is 10.00. The average molecular weight is 459 g/mol. The van der Waals surface area contributed by atoms with E-state index in [1.54, 1.807) is 16.8 Å². The Morgan fingerprint density at radius 3 is 2.52 bits per heavy atom. The third kappa shape index (κ3) is 5.01. The van der Waals surface area contributed by atoms with Crippen LogP contribution in [-0.4, -0.2) is 26.3 Å². The summed E-state index contributed by atoms with van der Waals surface area (Å²) in [6.45, 7) is 8.87. The first-order chi connectivity index (χ1) is 14.7. The Hall–Kier alpha value is -3.02. The van der Waals surface area contributed by atoms with Crippen molar-refractivity contribution in [3.05, 3.63) is 51.7 Å². The molecule has 0 amide bonds. The quantitative estimate of drug-likeness (QED) is 0.295. The van der Waals surface area contributed by atoms with Gasteiger partial charge in [-0.05, 0) is 43.5 Å². The molecule has 3 rings (SSSR count). The minimum atomic E-state index is 0.249.